The van der Waals surface area contributed by atoms with E-state index < -0.39 is 4.92 Å². The van der Waals surface area contributed by atoms with Crippen molar-refractivity contribution >= 4 is 17.4 Å². The number of hydrogen-bond donors (Lipinski definition) is 0. The SMILES string of the molecule is O=[N+]([O-])c1ccc(Cn2cc(CSc3nnc(-c4cnccn4)o3)nn2)cc1. The quantitative estimate of drug-likeness (QED) is 0.260. The van der Waals surface area contributed by atoms with Crippen LogP contribution in [0.3, 0.4) is 0 Å². The summed E-state index contributed by atoms with van der Waals surface area (Å²) in [5, 5.41) is 27.2. The zero-order valence-corrected chi connectivity index (χ0v) is 15.1. The molecule has 0 bridgehead atoms. The van der Waals surface area contributed by atoms with Crippen molar-refractivity contribution < 1.29 is 9.34 Å². The summed E-state index contributed by atoms with van der Waals surface area (Å²) in [6.07, 6.45) is 6.46. The van der Waals surface area contributed by atoms with Gasteiger partial charge in [0.15, 0.2) is 0 Å². The summed E-state index contributed by atoms with van der Waals surface area (Å²) in [6, 6.07) is 6.32. The van der Waals surface area contributed by atoms with Crippen LogP contribution in [0.1, 0.15) is 11.3 Å². The molecule has 0 aliphatic heterocycles. The van der Waals surface area contributed by atoms with Gasteiger partial charge in [-0.15, -0.1) is 15.3 Å². The number of nitrogens with zero attached hydrogens (tertiary/aromatic N) is 8. The second kappa shape index (κ2) is 7.92. The number of nitro groups is 1. The fraction of sp³-hybridized carbons (Fsp3) is 0.125. The van der Waals surface area contributed by atoms with Gasteiger partial charge in [-0.05, 0) is 5.56 Å². The first-order valence-electron chi connectivity index (χ1n) is 8.02. The average molecular weight is 396 g/mol. The van der Waals surface area contributed by atoms with Crippen LogP contribution in [0.5, 0.6) is 0 Å². The Balaban J connectivity index is 1.35. The van der Waals surface area contributed by atoms with Gasteiger partial charge in [-0.2, -0.15) is 0 Å². The van der Waals surface area contributed by atoms with E-state index in [0.29, 0.717) is 29.1 Å². The molecule has 12 heteroatoms. The van der Waals surface area contributed by atoms with Gasteiger partial charge in [0.25, 0.3) is 16.8 Å². The number of rotatable bonds is 7. The topological polar surface area (TPSA) is 139 Å². The molecule has 4 aromatic rings. The monoisotopic (exact) mass is 396 g/mol. The molecule has 0 N–H and O–H groups in total. The first kappa shape index (κ1) is 17.7. The van der Waals surface area contributed by atoms with Crippen molar-refractivity contribution in [2.75, 3.05) is 0 Å². The van der Waals surface area contributed by atoms with Crippen molar-refractivity contribution in [2.24, 2.45) is 0 Å². The van der Waals surface area contributed by atoms with Crippen molar-refractivity contribution in [1.82, 2.24) is 35.2 Å². The number of thioether (sulfide) groups is 1. The van der Waals surface area contributed by atoms with E-state index in [0.717, 1.165) is 11.3 Å². The van der Waals surface area contributed by atoms with E-state index in [9.17, 15) is 10.1 Å². The van der Waals surface area contributed by atoms with Crippen LogP contribution in [-0.4, -0.2) is 40.1 Å². The summed E-state index contributed by atoms with van der Waals surface area (Å²) >= 11 is 1.33. The highest BCUT2D eigenvalue weighted by molar-refractivity contribution is 7.98. The van der Waals surface area contributed by atoms with E-state index in [-0.39, 0.29) is 5.69 Å². The largest absolute Gasteiger partial charge is 0.410 e. The van der Waals surface area contributed by atoms with Crippen molar-refractivity contribution in [1.29, 1.82) is 0 Å². The summed E-state index contributed by atoms with van der Waals surface area (Å²) in [4.78, 5) is 18.3. The Morgan fingerprint density at radius 1 is 1.14 bits per heavy atom. The van der Waals surface area contributed by atoms with Crippen LogP contribution in [0, 0.1) is 10.1 Å². The van der Waals surface area contributed by atoms with Crippen LogP contribution < -0.4 is 0 Å². The minimum Gasteiger partial charge on any atom is -0.410 e. The molecule has 11 nitrogen and oxygen atoms in total. The molecular weight excluding hydrogens is 384 g/mol. The summed E-state index contributed by atoms with van der Waals surface area (Å²) in [5.41, 5.74) is 2.20. The lowest BCUT2D eigenvalue weighted by molar-refractivity contribution is -0.384. The van der Waals surface area contributed by atoms with Gasteiger partial charge in [0.2, 0.25) is 0 Å². The highest BCUT2D eigenvalue weighted by Crippen LogP contribution is 2.23. The molecule has 0 saturated carbocycles. The normalized spacial score (nSPS) is 10.9. The molecule has 0 spiro atoms. The lowest BCUT2D eigenvalue weighted by Gasteiger charge is -2.00. The standard InChI is InChI=1S/C16H12N8O3S/c25-24(26)13-3-1-11(2-4-13)8-23-9-12(19-22-23)10-28-16-21-20-15(27-16)14-7-17-5-6-18-14/h1-7,9H,8,10H2. The number of benzene rings is 1. The summed E-state index contributed by atoms with van der Waals surface area (Å²) < 4.78 is 7.22. The molecule has 140 valence electrons. The Morgan fingerprint density at radius 3 is 2.75 bits per heavy atom. The number of hydrogen-bond acceptors (Lipinski definition) is 10. The lowest BCUT2D eigenvalue weighted by atomic mass is 10.2. The Bertz CT molecular complexity index is 1080. The summed E-state index contributed by atoms with van der Waals surface area (Å²) in [5.74, 6) is 0.806. The minimum atomic E-state index is -0.429. The molecule has 3 aromatic heterocycles. The first-order valence-corrected chi connectivity index (χ1v) is 9.01. The van der Waals surface area contributed by atoms with E-state index in [1.54, 1.807) is 41.6 Å². The molecule has 0 aliphatic rings. The molecule has 4 rings (SSSR count). The Kier molecular flexibility index (Phi) is 5.01. The number of aromatic nitrogens is 7. The van der Waals surface area contributed by atoms with Crippen molar-refractivity contribution in [2.45, 2.75) is 17.5 Å². The van der Waals surface area contributed by atoms with Crippen LogP contribution in [-0.2, 0) is 12.3 Å². The number of nitro benzene ring substituents is 1. The van der Waals surface area contributed by atoms with Gasteiger partial charge in [-0.3, -0.25) is 15.1 Å². The molecule has 0 fully saturated rings. The number of non-ortho nitro benzene ring substituents is 1. The van der Waals surface area contributed by atoms with Crippen LogP contribution in [0.2, 0.25) is 0 Å². The van der Waals surface area contributed by atoms with Gasteiger partial charge in [-0.1, -0.05) is 29.1 Å². The maximum Gasteiger partial charge on any atom is 0.277 e. The van der Waals surface area contributed by atoms with Crippen molar-refractivity contribution in [3.63, 3.8) is 0 Å². The third-order valence-electron chi connectivity index (χ3n) is 3.61. The fourth-order valence-corrected chi connectivity index (χ4v) is 2.95. The molecule has 3 heterocycles. The van der Waals surface area contributed by atoms with E-state index >= 15 is 0 Å². The highest BCUT2D eigenvalue weighted by Gasteiger charge is 2.12. The molecule has 0 saturated heterocycles. The molecule has 0 amide bonds. The first-order chi connectivity index (χ1) is 13.7. The van der Waals surface area contributed by atoms with E-state index in [2.05, 4.69) is 30.5 Å². The van der Waals surface area contributed by atoms with Gasteiger partial charge in [-0.25, -0.2) is 9.67 Å². The molecule has 0 unspecified atom stereocenters. The van der Waals surface area contributed by atoms with Crippen LogP contribution in [0.15, 0.2) is 58.7 Å². The highest BCUT2D eigenvalue weighted by atomic mass is 32.2. The maximum atomic E-state index is 10.7. The fourth-order valence-electron chi connectivity index (χ4n) is 2.31. The van der Waals surface area contributed by atoms with Crippen LogP contribution >= 0.6 is 11.8 Å². The van der Waals surface area contributed by atoms with Crippen molar-refractivity contribution in [3.8, 4) is 11.6 Å². The predicted molar refractivity (Wildman–Crippen MR) is 97.1 cm³/mol. The average Bonchev–Trinajstić information content (AvgIpc) is 3.37. The van der Waals surface area contributed by atoms with E-state index in [1.165, 1.54) is 23.9 Å². The summed E-state index contributed by atoms with van der Waals surface area (Å²) in [6.45, 7) is 0.465. The minimum absolute atomic E-state index is 0.0554. The van der Waals surface area contributed by atoms with Crippen LogP contribution in [0.25, 0.3) is 11.6 Å². The molecule has 0 aliphatic carbocycles. The molecule has 0 atom stereocenters. The molecular formula is C16H12N8O3S. The van der Waals surface area contributed by atoms with Crippen LogP contribution in [0.4, 0.5) is 5.69 Å². The zero-order valence-electron chi connectivity index (χ0n) is 14.2. The zero-order chi connectivity index (χ0) is 19.3. The second-order valence-electron chi connectivity index (χ2n) is 5.58. The summed E-state index contributed by atoms with van der Waals surface area (Å²) in [7, 11) is 0. The van der Waals surface area contributed by atoms with Crippen molar-refractivity contribution in [3.05, 3.63) is 70.4 Å². The van der Waals surface area contributed by atoms with E-state index in [1.807, 2.05) is 0 Å². The predicted octanol–water partition coefficient (Wildman–Crippen LogP) is 2.37. The Morgan fingerprint density at radius 2 is 2.00 bits per heavy atom. The van der Waals surface area contributed by atoms with Gasteiger partial charge in [0.05, 0.1) is 23.4 Å². The Hall–Kier alpha value is -3.67. The second-order valence-corrected chi connectivity index (χ2v) is 6.51. The molecule has 0 radical (unpaired) electrons. The molecule has 1 aromatic carbocycles. The third-order valence-corrected chi connectivity index (χ3v) is 4.46. The molecule has 28 heavy (non-hydrogen) atoms. The lowest BCUT2D eigenvalue weighted by Crippen LogP contribution is -2.00. The Labute approximate surface area is 162 Å². The smallest absolute Gasteiger partial charge is 0.277 e. The third kappa shape index (κ3) is 4.17. The van der Waals surface area contributed by atoms with Gasteiger partial charge < -0.3 is 4.42 Å². The van der Waals surface area contributed by atoms with Gasteiger partial charge >= 0.3 is 0 Å². The van der Waals surface area contributed by atoms with Gasteiger partial charge in [0.1, 0.15) is 5.69 Å². The maximum absolute atomic E-state index is 10.7. The van der Waals surface area contributed by atoms with E-state index in [4.69, 9.17) is 4.42 Å². The van der Waals surface area contributed by atoms with Gasteiger partial charge in [0, 0.05) is 36.5 Å².